The molecule has 2 rings (SSSR count). The van der Waals surface area contributed by atoms with E-state index in [-0.39, 0.29) is 17.6 Å². The average molecular weight is 262 g/mol. The molecule has 0 saturated carbocycles. The lowest BCUT2D eigenvalue weighted by atomic mass is 10.1. The SMILES string of the molecule is CC(C)c1c(F)c2cc(C(=O)N(C)C)ccc2n1C. The van der Waals surface area contributed by atoms with Gasteiger partial charge in [0, 0.05) is 32.1 Å². The number of benzene rings is 1. The van der Waals surface area contributed by atoms with E-state index in [1.54, 1.807) is 32.3 Å². The van der Waals surface area contributed by atoms with Gasteiger partial charge in [0.15, 0.2) is 5.82 Å². The van der Waals surface area contributed by atoms with E-state index in [0.717, 1.165) is 5.52 Å². The molecule has 3 nitrogen and oxygen atoms in total. The fourth-order valence-corrected chi connectivity index (χ4v) is 2.45. The van der Waals surface area contributed by atoms with Crippen LogP contribution in [0.4, 0.5) is 4.39 Å². The maximum atomic E-state index is 14.4. The Hall–Kier alpha value is -1.84. The minimum absolute atomic E-state index is 0.102. The van der Waals surface area contributed by atoms with Gasteiger partial charge in [0.05, 0.1) is 11.2 Å². The van der Waals surface area contributed by atoms with Crippen molar-refractivity contribution in [1.82, 2.24) is 9.47 Å². The third-order valence-corrected chi connectivity index (χ3v) is 3.38. The van der Waals surface area contributed by atoms with Crippen LogP contribution in [0.3, 0.4) is 0 Å². The fourth-order valence-electron chi connectivity index (χ4n) is 2.45. The molecule has 102 valence electrons. The smallest absolute Gasteiger partial charge is 0.253 e. The van der Waals surface area contributed by atoms with Gasteiger partial charge in [-0.05, 0) is 24.1 Å². The second-order valence-corrected chi connectivity index (χ2v) is 5.34. The summed E-state index contributed by atoms with van der Waals surface area (Å²) in [4.78, 5) is 13.4. The summed E-state index contributed by atoms with van der Waals surface area (Å²) in [6.45, 7) is 3.92. The van der Waals surface area contributed by atoms with Crippen molar-refractivity contribution in [2.75, 3.05) is 14.1 Å². The molecule has 1 aromatic carbocycles. The number of carbonyl (C=O) groups is 1. The first kappa shape index (κ1) is 13.6. The molecule has 0 aliphatic carbocycles. The molecule has 0 N–H and O–H groups in total. The lowest BCUT2D eigenvalue weighted by Crippen LogP contribution is -2.21. The predicted octanol–water partition coefficient (Wildman–Crippen LogP) is 3.14. The quantitative estimate of drug-likeness (QED) is 0.816. The molecule has 0 unspecified atom stereocenters. The first-order chi connectivity index (χ1) is 8.84. The van der Waals surface area contributed by atoms with Crippen LogP contribution in [-0.4, -0.2) is 29.5 Å². The lowest BCUT2D eigenvalue weighted by molar-refractivity contribution is 0.0828. The molecule has 2 aromatic rings. The van der Waals surface area contributed by atoms with E-state index in [1.807, 2.05) is 25.5 Å². The van der Waals surface area contributed by atoms with Crippen molar-refractivity contribution in [1.29, 1.82) is 0 Å². The molecule has 0 fully saturated rings. The van der Waals surface area contributed by atoms with Crippen molar-refractivity contribution in [2.24, 2.45) is 7.05 Å². The normalized spacial score (nSPS) is 11.3. The average Bonchev–Trinajstić information content (AvgIpc) is 2.60. The highest BCUT2D eigenvalue weighted by atomic mass is 19.1. The van der Waals surface area contributed by atoms with Crippen LogP contribution in [0.1, 0.15) is 35.8 Å². The fraction of sp³-hybridized carbons (Fsp3) is 0.400. The Kier molecular flexibility index (Phi) is 3.35. The molecular formula is C15H19FN2O. The molecule has 0 radical (unpaired) electrons. The maximum absolute atomic E-state index is 14.4. The summed E-state index contributed by atoms with van der Waals surface area (Å²) in [6.07, 6.45) is 0. The maximum Gasteiger partial charge on any atom is 0.253 e. The van der Waals surface area contributed by atoms with Gasteiger partial charge in [-0.2, -0.15) is 0 Å². The first-order valence-electron chi connectivity index (χ1n) is 6.34. The van der Waals surface area contributed by atoms with Gasteiger partial charge in [-0.25, -0.2) is 4.39 Å². The van der Waals surface area contributed by atoms with E-state index in [0.29, 0.717) is 16.6 Å². The third-order valence-electron chi connectivity index (χ3n) is 3.38. The van der Waals surface area contributed by atoms with Crippen LogP contribution in [0.5, 0.6) is 0 Å². The molecule has 1 amide bonds. The van der Waals surface area contributed by atoms with Crippen molar-refractivity contribution in [3.05, 3.63) is 35.3 Å². The Morgan fingerprint density at radius 2 is 1.95 bits per heavy atom. The zero-order valence-corrected chi connectivity index (χ0v) is 12.0. The highest BCUT2D eigenvalue weighted by Crippen LogP contribution is 2.29. The minimum atomic E-state index is -0.221. The van der Waals surface area contributed by atoms with Crippen LogP contribution in [-0.2, 0) is 7.05 Å². The van der Waals surface area contributed by atoms with Gasteiger partial charge in [0.1, 0.15) is 0 Å². The largest absolute Gasteiger partial charge is 0.345 e. The highest BCUT2D eigenvalue weighted by molar-refractivity contribution is 5.98. The van der Waals surface area contributed by atoms with Crippen LogP contribution < -0.4 is 0 Å². The lowest BCUT2D eigenvalue weighted by Gasteiger charge is -2.10. The summed E-state index contributed by atoms with van der Waals surface area (Å²) in [5.74, 6) is -0.234. The van der Waals surface area contributed by atoms with E-state index in [4.69, 9.17) is 0 Å². The minimum Gasteiger partial charge on any atom is -0.345 e. The number of halogens is 1. The molecule has 1 aromatic heterocycles. The number of aromatic nitrogens is 1. The number of aryl methyl sites for hydroxylation is 1. The number of nitrogens with zero attached hydrogens (tertiary/aromatic N) is 2. The summed E-state index contributed by atoms with van der Waals surface area (Å²) in [5, 5.41) is 0.513. The van der Waals surface area contributed by atoms with Crippen molar-refractivity contribution >= 4 is 16.8 Å². The summed E-state index contributed by atoms with van der Waals surface area (Å²) < 4.78 is 16.3. The van der Waals surface area contributed by atoms with E-state index in [9.17, 15) is 9.18 Å². The Balaban J connectivity index is 2.67. The molecule has 0 spiro atoms. The number of amides is 1. The van der Waals surface area contributed by atoms with Gasteiger partial charge >= 0.3 is 0 Å². The molecule has 0 bridgehead atoms. The number of hydrogen-bond donors (Lipinski definition) is 0. The van der Waals surface area contributed by atoms with Crippen LogP contribution in [0.15, 0.2) is 18.2 Å². The number of carbonyl (C=O) groups excluding carboxylic acids is 1. The van der Waals surface area contributed by atoms with Crippen LogP contribution in [0.25, 0.3) is 10.9 Å². The van der Waals surface area contributed by atoms with Crippen LogP contribution >= 0.6 is 0 Å². The zero-order chi connectivity index (χ0) is 14.3. The molecule has 0 aliphatic rings. The Morgan fingerprint density at radius 1 is 1.32 bits per heavy atom. The van der Waals surface area contributed by atoms with E-state index >= 15 is 0 Å². The molecule has 0 atom stereocenters. The third kappa shape index (κ3) is 2.11. The van der Waals surface area contributed by atoms with Crippen LogP contribution in [0, 0.1) is 5.82 Å². The monoisotopic (exact) mass is 262 g/mol. The summed E-state index contributed by atoms with van der Waals surface area (Å²) in [6, 6.07) is 5.19. The van der Waals surface area contributed by atoms with E-state index < -0.39 is 0 Å². The van der Waals surface area contributed by atoms with Crippen LogP contribution in [0.2, 0.25) is 0 Å². The van der Waals surface area contributed by atoms with Crippen molar-refractivity contribution in [3.63, 3.8) is 0 Å². The molecule has 19 heavy (non-hydrogen) atoms. The van der Waals surface area contributed by atoms with E-state index in [1.165, 1.54) is 4.90 Å². The van der Waals surface area contributed by atoms with Gasteiger partial charge < -0.3 is 9.47 Å². The van der Waals surface area contributed by atoms with Gasteiger partial charge in [0.25, 0.3) is 5.91 Å². The summed E-state index contributed by atoms with van der Waals surface area (Å²) in [7, 11) is 5.23. The standard InChI is InChI=1S/C15H19FN2O/c1-9(2)14-13(16)11-8-10(15(19)17(3)4)6-7-12(11)18(14)5/h6-9H,1-5H3. The van der Waals surface area contributed by atoms with Gasteiger partial charge in [-0.3, -0.25) is 4.79 Å². The molecule has 0 aliphatic heterocycles. The zero-order valence-electron chi connectivity index (χ0n) is 12.0. The molecule has 4 heteroatoms. The predicted molar refractivity (Wildman–Crippen MR) is 75.0 cm³/mol. The number of hydrogen-bond acceptors (Lipinski definition) is 1. The summed E-state index contributed by atoms with van der Waals surface area (Å²) >= 11 is 0. The van der Waals surface area contributed by atoms with Crippen molar-refractivity contribution < 1.29 is 9.18 Å². The van der Waals surface area contributed by atoms with Gasteiger partial charge in [0.2, 0.25) is 0 Å². The first-order valence-corrected chi connectivity index (χ1v) is 6.34. The van der Waals surface area contributed by atoms with Crippen molar-refractivity contribution in [2.45, 2.75) is 19.8 Å². The summed E-state index contributed by atoms with van der Waals surface area (Å²) in [5.41, 5.74) is 2.00. The second-order valence-electron chi connectivity index (χ2n) is 5.34. The molecule has 0 saturated heterocycles. The topological polar surface area (TPSA) is 25.2 Å². The number of rotatable bonds is 2. The Morgan fingerprint density at radius 3 is 2.47 bits per heavy atom. The Labute approximate surface area is 112 Å². The van der Waals surface area contributed by atoms with Crippen molar-refractivity contribution in [3.8, 4) is 0 Å². The van der Waals surface area contributed by atoms with E-state index in [2.05, 4.69) is 0 Å². The second kappa shape index (κ2) is 4.68. The Bertz CT molecular complexity index is 641. The molecule has 1 heterocycles. The number of fused-ring (bicyclic) bond motifs is 1. The highest BCUT2D eigenvalue weighted by Gasteiger charge is 2.19. The molecular weight excluding hydrogens is 243 g/mol. The van der Waals surface area contributed by atoms with Gasteiger partial charge in [-0.1, -0.05) is 13.8 Å². The van der Waals surface area contributed by atoms with Gasteiger partial charge in [-0.15, -0.1) is 0 Å².